The average Bonchev–Trinajstić information content (AvgIpc) is 2.58. The first kappa shape index (κ1) is 14.8. The van der Waals surface area contributed by atoms with Crippen LogP contribution >= 0.6 is 0 Å². The van der Waals surface area contributed by atoms with Crippen LogP contribution in [0.4, 0.5) is 17.3 Å². The lowest BCUT2D eigenvalue weighted by molar-refractivity contribution is 0.485. The lowest BCUT2D eigenvalue weighted by Crippen LogP contribution is -2.11. The van der Waals surface area contributed by atoms with E-state index in [1.54, 1.807) is 6.33 Å². The second-order valence-corrected chi connectivity index (χ2v) is 5.19. The van der Waals surface area contributed by atoms with Crippen LogP contribution < -0.4 is 15.0 Å². The third-order valence-electron chi connectivity index (χ3n) is 3.23. The zero-order valence-electron chi connectivity index (χ0n) is 13.1. The van der Waals surface area contributed by atoms with Crippen molar-refractivity contribution in [1.82, 2.24) is 9.97 Å². The van der Waals surface area contributed by atoms with Gasteiger partial charge in [0.25, 0.3) is 0 Å². The molecule has 0 aliphatic rings. The molecular formula is C18H18N4O. The molecule has 0 aliphatic heterocycles. The third kappa shape index (κ3) is 3.77. The summed E-state index contributed by atoms with van der Waals surface area (Å²) >= 11 is 0. The molecular weight excluding hydrogens is 288 g/mol. The first-order valence-corrected chi connectivity index (χ1v) is 7.31. The maximum absolute atomic E-state index is 5.94. The molecule has 1 heterocycles. The number of anilines is 3. The van der Waals surface area contributed by atoms with Crippen LogP contribution in [0.2, 0.25) is 0 Å². The molecule has 0 saturated heterocycles. The van der Waals surface area contributed by atoms with Crippen LogP contribution in [0.25, 0.3) is 0 Å². The van der Waals surface area contributed by atoms with Crippen molar-refractivity contribution in [2.24, 2.45) is 0 Å². The number of aromatic nitrogens is 2. The lowest BCUT2D eigenvalue weighted by atomic mass is 10.3. The summed E-state index contributed by atoms with van der Waals surface area (Å²) in [6.07, 6.45) is 1.54. The van der Waals surface area contributed by atoms with Crippen molar-refractivity contribution in [1.29, 1.82) is 0 Å². The van der Waals surface area contributed by atoms with Gasteiger partial charge < -0.3 is 15.0 Å². The molecule has 0 atom stereocenters. The Kier molecular flexibility index (Phi) is 4.38. The van der Waals surface area contributed by atoms with Crippen molar-refractivity contribution >= 4 is 17.3 Å². The SMILES string of the molecule is CN(C)c1cc(Nc2ccccc2Oc2ccccc2)ncn1. The summed E-state index contributed by atoms with van der Waals surface area (Å²) < 4.78 is 5.94. The maximum Gasteiger partial charge on any atom is 0.150 e. The molecule has 3 aromatic rings. The van der Waals surface area contributed by atoms with Crippen LogP contribution in [0.5, 0.6) is 11.5 Å². The van der Waals surface area contributed by atoms with Crippen LogP contribution in [-0.4, -0.2) is 24.1 Å². The topological polar surface area (TPSA) is 50.3 Å². The molecule has 5 heteroatoms. The van der Waals surface area contributed by atoms with Gasteiger partial charge in [-0.3, -0.25) is 0 Å². The van der Waals surface area contributed by atoms with Gasteiger partial charge in [-0.15, -0.1) is 0 Å². The molecule has 0 saturated carbocycles. The Morgan fingerprint density at radius 3 is 2.43 bits per heavy atom. The molecule has 1 aromatic heterocycles. The number of para-hydroxylation sites is 3. The van der Waals surface area contributed by atoms with Crippen LogP contribution in [-0.2, 0) is 0 Å². The van der Waals surface area contributed by atoms with Crippen molar-refractivity contribution in [3.8, 4) is 11.5 Å². The fraction of sp³-hybridized carbons (Fsp3) is 0.111. The van der Waals surface area contributed by atoms with Gasteiger partial charge in [-0.05, 0) is 24.3 Å². The van der Waals surface area contributed by atoms with Gasteiger partial charge in [0.05, 0.1) is 5.69 Å². The molecule has 5 nitrogen and oxygen atoms in total. The number of nitrogens with one attached hydrogen (secondary N) is 1. The molecule has 0 unspecified atom stereocenters. The van der Waals surface area contributed by atoms with Gasteiger partial charge in [0.15, 0.2) is 5.75 Å². The molecule has 0 fully saturated rings. The molecule has 0 spiro atoms. The Morgan fingerprint density at radius 1 is 0.913 bits per heavy atom. The van der Waals surface area contributed by atoms with Crippen LogP contribution in [0.3, 0.4) is 0 Å². The summed E-state index contributed by atoms with van der Waals surface area (Å²) in [6, 6.07) is 19.3. The number of rotatable bonds is 5. The van der Waals surface area contributed by atoms with Crippen molar-refractivity contribution in [2.45, 2.75) is 0 Å². The van der Waals surface area contributed by atoms with Gasteiger partial charge in [-0.2, -0.15) is 0 Å². The summed E-state index contributed by atoms with van der Waals surface area (Å²) in [6.45, 7) is 0. The highest BCUT2D eigenvalue weighted by molar-refractivity contribution is 5.66. The van der Waals surface area contributed by atoms with Crippen LogP contribution in [0.15, 0.2) is 67.0 Å². The highest BCUT2D eigenvalue weighted by atomic mass is 16.5. The summed E-state index contributed by atoms with van der Waals surface area (Å²) in [5.74, 6) is 3.08. The zero-order valence-corrected chi connectivity index (χ0v) is 13.1. The third-order valence-corrected chi connectivity index (χ3v) is 3.23. The minimum atomic E-state index is 0.716. The maximum atomic E-state index is 5.94. The fourth-order valence-corrected chi connectivity index (χ4v) is 2.07. The highest BCUT2D eigenvalue weighted by Gasteiger charge is 2.07. The monoisotopic (exact) mass is 306 g/mol. The van der Waals surface area contributed by atoms with E-state index in [9.17, 15) is 0 Å². The van der Waals surface area contributed by atoms with E-state index in [4.69, 9.17) is 4.74 Å². The van der Waals surface area contributed by atoms with Crippen molar-refractivity contribution < 1.29 is 4.74 Å². The molecule has 0 radical (unpaired) electrons. The number of nitrogens with zero attached hydrogens (tertiary/aromatic N) is 3. The van der Waals surface area contributed by atoms with E-state index < -0.39 is 0 Å². The Morgan fingerprint density at radius 2 is 1.65 bits per heavy atom. The fourth-order valence-electron chi connectivity index (χ4n) is 2.07. The molecule has 0 aliphatic carbocycles. The Hall–Kier alpha value is -3.08. The quantitative estimate of drug-likeness (QED) is 0.769. The van der Waals surface area contributed by atoms with Crippen LogP contribution in [0.1, 0.15) is 0 Å². The number of hydrogen-bond donors (Lipinski definition) is 1. The van der Waals surface area contributed by atoms with E-state index in [2.05, 4.69) is 15.3 Å². The standard InChI is InChI=1S/C18H18N4O/c1-22(2)18-12-17(19-13-20-18)21-15-10-6-7-11-16(15)23-14-8-4-3-5-9-14/h3-13H,1-2H3,(H,19,20,21). The van der Waals surface area contributed by atoms with Crippen molar-refractivity contribution in [3.05, 3.63) is 67.0 Å². The van der Waals surface area contributed by atoms with Gasteiger partial charge in [-0.25, -0.2) is 9.97 Å². The summed E-state index contributed by atoms with van der Waals surface area (Å²) in [5, 5.41) is 3.29. The van der Waals surface area contributed by atoms with E-state index in [-0.39, 0.29) is 0 Å². The zero-order chi connectivity index (χ0) is 16.1. The summed E-state index contributed by atoms with van der Waals surface area (Å²) in [4.78, 5) is 10.4. The molecule has 3 rings (SSSR count). The van der Waals surface area contributed by atoms with Gasteiger partial charge in [0, 0.05) is 20.2 Å². The summed E-state index contributed by atoms with van der Waals surface area (Å²) in [5.41, 5.74) is 0.847. The molecule has 0 bridgehead atoms. The molecule has 1 N–H and O–H groups in total. The second kappa shape index (κ2) is 6.79. The molecule has 116 valence electrons. The normalized spacial score (nSPS) is 10.2. The number of benzene rings is 2. The Balaban J connectivity index is 1.85. The smallest absolute Gasteiger partial charge is 0.150 e. The second-order valence-electron chi connectivity index (χ2n) is 5.19. The molecule has 2 aromatic carbocycles. The highest BCUT2D eigenvalue weighted by Crippen LogP contribution is 2.31. The Labute approximate surface area is 135 Å². The van der Waals surface area contributed by atoms with Crippen molar-refractivity contribution in [2.75, 3.05) is 24.3 Å². The summed E-state index contributed by atoms with van der Waals surface area (Å²) in [7, 11) is 3.89. The molecule has 0 amide bonds. The van der Waals surface area contributed by atoms with E-state index in [1.807, 2.05) is 79.7 Å². The first-order chi connectivity index (χ1) is 11.2. The minimum absolute atomic E-state index is 0.716. The van der Waals surface area contributed by atoms with E-state index in [0.717, 1.165) is 23.0 Å². The number of hydrogen-bond acceptors (Lipinski definition) is 5. The number of ether oxygens (including phenoxy) is 1. The predicted octanol–water partition coefficient (Wildman–Crippen LogP) is 4.08. The van der Waals surface area contributed by atoms with Gasteiger partial charge in [0.2, 0.25) is 0 Å². The van der Waals surface area contributed by atoms with E-state index in [0.29, 0.717) is 5.82 Å². The first-order valence-electron chi connectivity index (χ1n) is 7.31. The van der Waals surface area contributed by atoms with Crippen molar-refractivity contribution in [3.63, 3.8) is 0 Å². The molecule has 23 heavy (non-hydrogen) atoms. The predicted molar refractivity (Wildman–Crippen MR) is 92.6 cm³/mol. The minimum Gasteiger partial charge on any atom is -0.455 e. The van der Waals surface area contributed by atoms with Crippen LogP contribution in [0, 0.1) is 0 Å². The largest absolute Gasteiger partial charge is 0.455 e. The Bertz CT molecular complexity index is 775. The van der Waals surface area contributed by atoms with E-state index in [1.165, 1.54) is 0 Å². The van der Waals surface area contributed by atoms with Gasteiger partial charge in [-0.1, -0.05) is 30.3 Å². The lowest BCUT2D eigenvalue weighted by Gasteiger charge is -2.14. The van der Waals surface area contributed by atoms with Gasteiger partial charge in [0.1, 0.15) is 23.7 Å². The average molecular weight is 306 g/mol. The van der Waals surface area contributed by atoms with Gasteiger partial charge >= 0.3 is 0 Å². The van der Waals surface area contributed by atoms with E-state index >= 15 is 0 Å².